The number of hydrogen-bond acceptors (Lipinski definition) is 2. The summed E-state index contributed by atoms with van der Waals surface area (Å²) in [6.45, 7) is -0.152. The van der Waals surface area contributed by atoms with Gasteiger partial charge < -0.3 is 9.84 Å². The molecule has 1 rings (SSSR count). The molecule has 0 saturated carbocycles. The van der Waals surface area contributed by atoms with Crippen LogP contribution in [0.25, 0.3) is 0 Å². The zero-order valence-corrected chi connectivity index (χ0v) is 10.0. The van der Waals surface area contributed by atoms with Gasteiger partial charge >= 0.3 is 6.18 Å². The van der Waals surface area contributed by atoms with Crippen LogP contribution in [0.5, 0.6) is 5.75 Å². The predicted octanol–water partition coefficient (Wildman–Crippen LogP) is 3.01. The zero-order valence-electron chi connectivity index (χ0n) is 8.44. The number of benzene rings is 1. The summed E-state index contributed by atoms with van der Waals surface area (Å²) in [5.74, 6) is 0.121. The van der Waals surface area contributed by atoms with Crippen molar-refractivity contribution in [1.82, 2.24) is 0 Å². The van der Waals surface area contributed by atoms with E-state index in [-0.39, 0.29) is 23.2 Å². The number of ether oxygens (including phenoxy) is 1. The topological polar surface area (TPSA) is 29.5 Å². The van der Waals surface area contributed by atoms with E-state index in [1.54, 1.807) is 0 Å². The van der Waals surface area contributed by atoms with Crippen molar-refractivity contribution in [2.45, 2.75) is 12.6 Å². The Labute approximate surface area is 99.2 Å². The number of halogens is 4. The molecule has 0 saturated heterocycles. The highest BCUT2D eigenvalue weighted by molar-refractivity contribution is 9.10. The highest BCUT2D eigenvalue weighted by Crippen LogP contribution is 2.37. The molecule has 0 bridgehead atoms. The lowest BCUT2D eigenvalue weighted by Crippen LogP contribution is -2.07. The normalized spacial score (nSPS) is 11.6. The van der Waals surface area contributed by atoms with Gasteiger partial charge in [-0.2, -0.15) is 13.2 Å². The van der Waals surface area contributed by atoms with Crippen molar-refractivity contribution in [2.24, 2.45) is 0 Å². The second-order valence-corrected chi connectivity index (χ2v) is 3.96. The van der Waals surface area contributed by atoms with Crippen molar-refractivity contribution in [1.29, 1.82) is 0 Å². The molecule has 0 aliphatic rings. The monoisotopic (exact) mass is 298 g/mol. The first-order valence-electron chi connectivity index (χ1n) is 4.44. The average Bonchev–Trinajstić information content (AvgIpc) is 2.19. The molecule has 16 heavy (non-hydrogen) atoms. The summed E-state index contributed by atoms with van der Waals surface area (Å²) in [5.41, 5.74) is -0.254. The SMILES string of the molecule is COc1cc(C(F)(F)F)cc(Br)c1CCO. The lowest BCUT2D eigenvalue weighted by molar-refractivity contribution is -0.137. The Morgan fingerprint density at radius 2 is 2.00 bits per heavy atom. The molecule has 1 aromatic carbocycles. The first kappa shape index (κ1) is 13.3. The third kappa shape index (κ3) is 2.89. The molecule has 90 valence electrons. The first-order chi connectivity index (χ1) is 7.40. The molecule has 6 heteroatoms. The van der Waals surface area contributed by atoms with Crippen LogP contribution >= 0.6 is 15.9 Å². The second-order valence-electron chi connectivity index (χ2n) is 3.11. The Bertz CT molecular complexity index is 377. The molecular formula is C10H10BrF3O2. The van der Waals surface area contributed by atoms with Crippen LogP contribution in [0.3, 0.4) is 0 Å². The van der Waals surface area contributed by atoms with Gasteiger partial charge in [-0.25, -0.2) is 0 Å². The van der Waals surface area contributed by atoms with Crippen LogP contribution in [-0.4, -0.2) is 18.8 Å². The summed E-state index contributed by atoms with van der Waals surface area (Å²) < 4.78 is 42.6. The van der Waals surface area contributed by atoms with Crippen LogP contribution < -0.4 is 4.74 Å². The van der Waals surface area contributed by atoms with E-state index >= 15 is 0 Å². The minimum Gasteiger partial charge on any atom is -0.496 e. The molecule has 2 nitrogen and oxygen atoms in total. The maximum Gasteiger partial charge on any atom is 0.416 e. The van der Waals surface area contributed by atoms with Crippen molar-refractivity contribution in [2.75, 3.05) is 13.7 Å². The van der Waals surface area contributed by atoms with Gasteiger partial charge in [0.25, 0.3) is 0 Å². The summed E-state index contributed by atoms with van der Waals surface area (Å²) in [7, 11) is 1.29. The summed E-state index contributed by atoms with van der Waals surface area (Å²) in [4.78, 5) is 0. The summed E-state index contributed by atoms with van der Waals surface area (Å²) in [5, 5.41) is 8.79. The molecule has 0 fully saturated rings. The molecule has 0 amide bonds. The van der Waals surface area contributed by atoms with Crippen molar-refractivity contribution >= 4 is 15.9 Å². The summed E-state index contributed by atoms with van der Waals surface area (Å²) in [6, 6.07) is 1.91. The number of methoxy groups -OCH3 is 1. The first-order valence-corrected chi connectivity index (χ1v) is 5.24. The number of aliphatic hydroxyl groups excluding tert-OH is 1. The number of rotatable bonds is 3. The Morgan fingerprint density at radius 1 is 1.38 bits per heavy atom. The van der Waals surface area contributed by atoms with Gasteiger partial charge in [0.05, 0.1) is 12.7 Å². The number of aliphatic hydroxyl groups is 1. The molecule has 1 aromatic rings. The van der Waals surface area contributed by atoms with Crippen LogP contribution in [0.2, 0.25) is 0 Å². The van der Waals surface area contributed by atoms with Gasteiger partial charge in [-0.15, -0.1) is 0 Å². The Hall–Kier alpha value is -0.750. The maximum atomic E-state index is 12.5. The lowest BCUT2D eigenvalue weighted by Gasteiger charge is -2.14. The van der Waals surface area contributed by atoms with Crippen LogP contribution in [0, 0.1) is 0 Å². The van der Waals surface area contributed by atoms with E-state index in [1.807, 2.05) is 0 Å². The minimum absolute atomic E-state index is 0.121. The van der Waals surface area contributed by atoms with E-state index in [0.717, 1.165) is 12.1 Å². The van der Waals surface area contributed by atoms with E-state index < -0.39 is 11.7 Å². The zero-order chi connectivity index (χ0) is 12.3. The third-order valence-electron chi connectivity index (χ3n) is 2.06. The quantitative estimate of drug-likeness (QED) is 0.929. The van der Waals surface area contributed by atoms with Gasteiger partial charge in [0.2, 0.25) is 0 Å². The number of hydrogen-bond donors (Lipinski definition) is 1. The standard InChI is InChI=1S/C10H10BrF3O2/c1-16-9-5-6(10(12,13)14)4-8(11)7(9)2-3-15/h4-5,15H,2-3H2,1H3. The molecule has 0 aliphatic heterocycles. The van der Waals surface area contributed by atoms with E-state index in [4.69, 9.17) is 9.84 Å². The van der Waals surface area contributed by atoms with Gasteiger partial charge in [0.15, 0.2) is 0 Å². The predicted molar refractivity (Wildman–Crippen MR) is 56.5 cm³/mol. The fourth-order valence-corrected chi connectivity index (χ4v) is 1.95. The molecule has 0 aromatic heterocycles. The number of alkyl halides is 3. The van der Waals surface area contributed by atoms with Crippen LogP contribution in [-0.2, 0) is 12.6 Å². The van der Waals surface area contributed by atoms with Gasteiger partial charge in [0.1, 0.15) is 5.75 Å². The fourth-order valence-electron chi connectivity index (χ4n) is 1.31. The van der Waals surface area contributed by atoms with Crippen LogP contribution in [0.15, 0.2) is 16.6 Å². The van der Waals surface area contributed by atoms with E-state index in [1.165, 1.54) is 7.11 Å². The fraction of sp³-hybridized carbons (Fsp3) is 0.400. The van der Waals surface area contributed by atoms with Gasteiger partial charge in [-0.1, -0.05) is 15.9 Å². The molecule has 0 spiro atoms. The van der Waals surface area contributed by atoms with Crippen LogP contribution in [0.1, 0.15) is 11.1 Å². The average molecular weight is 299 g/mol. The Balaban J connectivity index is 3.26. The van der Waals surface area contributed by atoms with E-state index in [0.29, 0.717) is 5.56 Å². The van der Waals surface area contributed by atoms with Crippen molar-refractivity contribution in [3.63, 3.8) is 0 Å². The molecule has 0 atom stereocenters. The van der Waals surface area contributed by atoms with Crippen molar-refractivity contribution in [3.8, 4) is 5.75 Å². The van der Waals surface area contributed by atoms with Crippen molar-refractivity contribution in [3.05, 3.63) is 27.7 Å². The Morgan fingerprint density at radius 3 is 2.44 bits per heavy atom. The highest BCUT2D eigenvalue weighted by atomic mass is 79.9. The second kappa shape index (κ2) is 5.05. The highest BCUT2D eigenvalue weighted by Gasteiger charge is 2.32. The summed E-state index contributed by atoms with van der Waals surface area (Å²) >= 11 is 3.04. The van der Waals surface area contributed by atoms with Crippen LogP contribution in [0.4, 0.5) is 13.2 Å². The van der Waals surface area contributed by atoms with Gasteiger partial charge in [-0.05, 0) is 12.1 Å². The van der Waals surface area contributed by atoms with E-state index in [2.05, 4.69) is 15.9 Å². The van der Waals surface area contributed by atoms with Crippen molar-refractivity contribution < 1.29 is 23.0 Å². The molecule has 1 N–H and O–H groups in total. The molecule has 0 radical (unpaired) electrons. The molecule has 0 unspecified atom stereocenters. The van der Waals surface area contributed by atoms with E-state index in [9.17, 15) is 13.2 Å². The smallest absolute Gasteiger partial charge is 0.416 e. The maximum absolute atomic E-state index is 12.5. The molecule has 0 aliphatic carbocycles. The van der Waals surface area contributed by atoms with Gasteiger partial charge in [-0.3, -0.25) is 0 Å². The molecule has 0 heterocycles. The largest absolute Gasteiger partial charge is 0.496 e. The molecular weight excluding hydrogens is 289 g/mol. The van der Waals surface area contributed by atoms with Gasteiger partial charge in [0, 0.05) is 23.1 Å². The Kier molecular flexibility index (Phi) is 4.21. The minimum atomic E-state index is -4.41. The lowest BCUT2D eigenvalue weighted by atomic mass is 10.1. The summed E-state index contributed by atoms with van der Waals surface area (Å²) in [6.07, 6.45) is -4.17. The third-order valence-corrected chi connectivity index (χ3v) is 2.77.